The first kappa shape index (κ1) is 8.48. The lowest BCUT2D eigenvalue weighted by atomic mass is 9.88. The Bertz CT molecular complexity index is 169. The zero-order chi connectivity index (χ0) is 8.66. The van der Waals surface area contributed by atoms with Gasteiger partial charge in [-0.1, -0.05) is 6.92 Å². The third kappa shape index (κ3) is 1.49. The Morgan fingerprint density at radius 3 is 2.42 bits per heavy atom. The summed E-state index contributed by atoms with van der Waals surface area (Å²) in [5.74, 6) is 0. The van der Waals surface area contributed by atoms with Crippen LogP contribution >= 0.6 is 0 Å². The van der Waals surface area contributed by atoms with E-state index in [1.54, 1.807) is 0 Å². The molecule has 1 heterocycles. The number of aliphatic hydroxyl groups excluding tert-OH is 1. The van der Waals surface area contributed by atoms with E-state index < -0.39 is 0 Å². The summed E-state index contributed by atoms with van der Waals surface area (Å²) < 4.78 is 5.15. The number of nitrogens with one attached hydrogen (secondary N) is 1. The normalized spacial score (nSPS) is 29.5. The summed E-state index contributed by atoms with van der Waals surface area (Å²) in [5.41, 5.74) is 0.406. The van der Waals surface area contributed by atoms with E-state index in [2.05, 4.69) is 12.2 Å². The van der Waals surface area contributed by atoms with Gasteiger partial charge in [0.25, 0.3) is 0 Å². The molecule has 2 N–H and O–H groups in total. The molecule has 0 radical (unpaired) electrons. The molecule has 1 aliphatic carbocycles. The van der Waals surface area contributed by atoms with Crippen molar-refractivity contribution < 1.29 is 9.84 Å². The van der Waals surface area contributed by atoms with Crippen molar-refractivity contribution in [1.82, 2.24) is 5.32 Å². The van der Waals surface area contributed by atoms with Crippen LogP contribution in [0.3, 0.4) is 0 Å². The molecule has 70 valence electrons. The second-order valence-electron chi connectivity index (χ2n) is 4.60. The molecule has 0 atom stereocenters. The van der Waals surface area contributed by atoms with Crippen LogP contribution in [0.2, 0.25) is 0 Å². The molecule has 0 unspecified atom stereocenters. The fourth-order valence-corrected chi connectivity index (χ4v) is 1.50. The summed E-state index contributed by atoms with van der Waals surface area (Å²) in [6.45, 7) is 5.21. The zero-order valence-corrected chi connectivity index (χ0v) is 7.60. The SMILES string of the molecule is CC1(CNC2(CO)CC2)COC1. The summed E-state index contributed by atoms with van der Waals surface area (Å²) in [6, 6.07) is 0. The molecule has 1 aliphatic heterocycles. The molecule has 12 heavy (non-hydrogen) atoms. The van der Waals surface area contributed by atoms with Crippen molar-refractivity contribution in [2.75, 3.05) is 26.4 Å². The molecule has 3 nitrogen and oxygen atoms in total. The average Bonchev–Trinajstić information content (AvgIpc) is 2.78. The molecule has 3 heteroatoms. The predicted molar refractivity (Wildman–Crippen MR) is 46.0 cm³/mol. The van der Waals surface area contributed by atoms with Gasteiger partial charge in [0.1, 0.15) is 0 Å². The molecule has 1 saturated heterocycles. The lowest BCUT2D eigenvalue weighted by molar-refractivity contribution is -0.101. The highest BCUT2D eigenvalue weighted by Gasteiger charge is 2.44. The predicted octanol–water partition coefficient (Wildman–Crippen LogP) is 0.137. The van der Waals surface area contributed by atoms with Gasteiger partial charge in [0, 0.05) is 17.5 Å². The molecule has 0 aromatic carbocycles. The Kier molecular flexibility index (Phi) is 1.90. The van der Waals surface area contributed by atoms with Gasteiger partial charge >= 0.3 is 0 Å². The molecule has 0 bridgehead atoms. The number of aliphatic hydroxyl groups is 1. The van der Waals surface area contributed by atoms with Gasteiger partial charge in [0.15, 0.2) is 0 Å². The highest BCUT2D eigenvalue weighted by molar-refractivity contribution is 5.03. The van der Waals surface area contributed by atoms with Crippen molar-refractivity contribution in [3.05, 3.63) is 0 Å². The Morgan fingerprint density at radius 1 is 1.42 bits per heavy atom. The van der Waals surface area contributed by atoms with Gasteiger partial charge < -0.3 is 15.2 Å². The van der Waals surface area contributed by atoms with Gasteiger partial charge in [-0.25, -0.2) is 0 Å². The lowest BCUT2D eigenvalue weighted by Gasteiger charge is -2.39. The lowest BCUT2D eigenvalue weighted by Crippen LogP contribution is -2.51. The van der Waals surface area contributed by atoms with Crippen molar-refractivity contribution in [2.24, 2.45) is 5.41 Å². The van der Waals surface area contributed by atoms with Crippen LogP contribution in [-0.2, 0) is 4.74 Å². The van der Waals surface area contributed by atoms with Crippen LogP contribution in [0.15, 0.2) is 0 Å². The van der Waals surface area contributed by atoms with Gasteiger partial charge in [0.05, 0.1) is 19.8 Å². The zero-order valence-electron chi connectivity index (χ0n) is 7.60. The smallest absolute Gasteiger partial charge is 0.0613 e. The number of ether oxygens (including phenoxy) is 1. The minimum absolute atomic E-state index is 0.0819. The van der Waals surface area contributed by atoms with E-state index in [-0.39, 0.29) is 12.1 Å². The molecule has 0 amide bonds. The molecule has 2 fully saturated rings. The van der Waals surface area contributed by atoms with E-state index in [4.69, 9.17) is 9.84 Å². The molecule has 2 aliphatic rings. The first-order chi connectivity index (χ1) is 5.68. The first-order valence-corrected chi connectivity index (χ1v) is 4.62. The van der Waals surface area contributed by atoms with Crippen LogP contribution in [0.1, 0.15) is 19.8 Å². The Hall–Kier alpha value is -0.120. The maximum absolute atomic E-state index is 9.05. The van der Waals surface area contributed by atoms with E-state index in [1.165, 1.54) is 0 Å². The van der Waals surface area contributed by atoms with E-state index in [0.717, 1.165) is 32.6 Å². The Labute approximate surface area is 73.1 Å². The third-order valence-electron chi connectivity index (χ3n) is 2.95. The summed E-state index contributed by atoms with van der Waals surface area (Å²) >= 11 is 0. The fraction of sp³-hybridized carbons (Fsp3) is 1.00. The second kappa shape index (κ2) is 2.69. The Morgan fingerprint density at radius 2 is 2.08 bits per heavy atom. The first-order valence-electron chi connectivity index (χ1n) is 4.62. The van der Waals surface area contributed by atoms with Gasteiger partial charge in [-0.05, 0) is 12.8 Å². The largest absolute Gasteiger partial charge is 0.394 e. The quantitative estimate of drug-likeness (QED) is 0.632. The van der Waals surface area contributed by atoms with Crippen LogP contribution in [0.25, 0.3) is 0 Å². The van der Waals surface area contributed by atoms with E-state index in [1.807, 2.05) is 0 Å². The third-order valence-corrected chi connectivity index (χ3v) is 2.95. The van der Waals surface area contributed by atoms with Crippen molar-refractivity contribution >= 4 is 0 Å². The van der Waals surface area contributed by atoms with Crippen LogP contribution in [0, 0.1) is 5.41 Å². The van der Waals surface area contributed by atoms with Crippen molar-refractivity contribution in [3.8, 4) is 0 Å². The summed E-state index contributed by atoms with van der Waals surface area (Å²) in [6.07, 6.45) is 2.25. The van der Waals surface area contributed by atoms with Gasteiger partial charge in [-0.15, -0.1) is 0 Å². The van der Waals surface area contributed by atoms with Gasteiger partial charge in [-0.3, -0.25) is 0 Å². The van der Waals surface area contributed by atoms with E-state index in [9.17, 15) is 0 Å². The maximum atomic E-state index is 9.05. The van der Waals surface area contributed by atoms with E-state index >= 15 is 0 Å². The molecular weight excluding hydrogens is 154 g/mol. The van der Waals surface area contributed by atoms with Crippen LogP contribution in [-0.4, -0.2) is 37.0 Å². The minimum atomic E-state index is 0.0819. The maximum Gasteiger partial charge on any atom is 0.0613 e. The monoisotopic (exact) mass is 171 g/mol. The fourth-order valence-electron chi connectivity index (χ4n) is 1.50. The summed E-state index contributed by atoms with van der Waals surface area (Å²) in [7, 11) is 0. The molecule has 0 spiro atoms. The highest BCUT2D eigenvalue weighted by atomic mass is 16.5. The summed E-state index contributed by atoms with van der Waals surface area (Å²) in [4.78, 5) is 0. The van der Waals surface area contributed by atoms with E-state index in [0.29, 0.717) is 5.41 Å². The van der Waals surface area contributed by atoms with Gasteiger partial charge in [-0.2, -0.15) is 0 Å². The Balaban J connectivity index is 1.74. The molecule has 0 aromatic heterocycles. The van der Waals surface area contributed by atoms with Crippen LogP contribution in [0.4, 0.5) is 0 Å². The number of hydrogen-bond donors (Lipinski definition) is 2. The van der Waals surface area contributed by atoms with Crippen molar-refractivity contribution in [2.45, 2.75) is 25.3 Å². The van der Waals surface area contributed by atoms with Gasteiger partial charge in [0.2, 0.25) is 0 Å². The highest BCUT2D eigenvalue weighted by Crippen LogP contribution is 2.36. The average molecular weight is 171 g/mol. The topological polar surface area (TPSA) is 41.5 Å². The molecule has 0 aromatic rings. The van der Waals surface area contributed by atoms with Crippen LogP contribution < -0.4 is 5.32 Å². The standard InChI is InChI=1S/C9H17NO2/c1-8(6-12-7-8)4-10-9(5-11)2-3-9/h10-11H,2-7H2,1H3. The number of rotatable bonds is 4. The van der Waals surface area contributed by atoms with Crippen molar-refractivity contribution in [3.63, 3.8) is 0 Å². The number of hydrogen-bond acceptors (Lipinski definition) is 3. The second-order valence-corrected chi connectivity index (χ2v) is 4.60. The van der Waals surface area contributed by atoms with Crippen molar-refractivity contribution in [1.29, 1.82) is 0 Å². The minimum Gasteiger partial charge on any atom is -0.394 e. The molecular formula is C9H17NO2. The molecule has 2 rings (SSSR count). The summed E-state index contributed by atoms with van der Waals surface area (Å²) in [5, 5.41) is 12.5. The van der Waals surface area contributed by atoms with Crippen LogP contribution in [0.5, 0.6) is 0 Å². The molecule has 1 saturated carbocycles.